The molecule has 0 bridgehead atoms. The number of pyridine rings is 2. The molecule has 4 aromatic rings. The summed E-state index contributed by atoms with van der Waals surface area (Å²) in [4.78, 5) is 35.1. The Balaban J connectivity index is 1.64. The lowest BCUT2D eigenvalue weighted by molar-refractivity contribution is -0.177. The Morgan fingerprint density at radius 3 is 2.02 bits per heavy atom. The molecule has 3 aromatic heterocycles. The number of amides is 2. The van der Waals surface area contributed by atoms with Gasteiger partial charge in [0.15, 0.2) is 31.1 Å². The highest BCUT2D eigenvalue weighted by atomic mass is 35.5. The molecule has 17 heteroatoms. The summed E-state index contributed by atoms with van der Waals surface area (Å²) in [6.45, 7) is 16.0. The van der Waals surface area contributed by atoms with Crippen LogP contribution in [0.15, 0.2) is 48.8 Å². The summed E-state index contributed by atoms with van der Waals surface area (Å²) in [5, 5.41) is 4.08. The van der Waals surface area contributed by atoms with Crippen molar-refractivity contribution in [2.45, 2.75) is 117 Å². The molecule has 0 saturated heterocycles. The predicted octanol–water partition coefficient (Wildman–Crippen LogP) is 10.7. The molecule has 0 spiro atoms. The highest BCUT2D eigenvalue weighted by Crippen LogP contribution is 2.46. The summed E-state index contributed by atoms with van der Waals surface area (Å²) in [6, 6.07) is 9.63. The molecule has 4 rings (SSSR count). The highest BCUT2D eigenvalue weighted by molar-refractivity contribution is 6.73. The number of aromatic nitrogens is 4. The monoisotopic (exact) mass is 809 g/mol. The lowest BCUT2D eigenvalue weighted by atomic mass is 9.91. The highest BCUT2D eigenvalue weighted by Gasteiger charge is 2.56. The van der Waals surface area contributed by atoms with Crippen molar-refractivity contribution >= 4 is 43.7 Å². The van der Waals surface area contributed by atoms with Crippen molar-refractivity contribution in [1.29, 1.82) is 0 Å². The van der Waals surface area contributed by atoms with E-state index in [1.165, 1.54) is 48.0 Å². The first kappa shape index (κ1) is 43.4. The van der Waals surface area contributed by atoms with E-state index in [0.29, 0.717) is 23.0 Å². The normalized spacial score (nSPS) is 13.7. The Morgan fingerprint density at radius 2 is 1.49 bits per heavy atom. The Labute approximate surface area is 324 Å². The van der Waals surface area contributed by atoms with E-state index in [4.69, 9.17) is 30.2 Å². The lowest BCUT2D eigenvalue weighted by Crippen LogP contribution is -2.54. The Bertz CT molecular complexity index is 1960. The van der Waals surface area contributed by atoms with E-state index in [1.807, 2.05) is 20.8 Å². The van der Waals surface area contributed by atoms with Crippen LogP contribution in [0.4, 0.5) is 33.1 Å². The van der Waals surface area contributed by atoms with Gasteiger partial charge in [-0.25, -0.2) is 31.7 Å². The number of carbonyl (C=O) groups excluding carboxylic acids is 2. The largest absolute Gasteiger partial charge is 0.489 e. The zero-order chi connectivity index (χ0) is 41.1. The standard InChI is InChI=1S/C38H48ClF4N5O6Si/c1-11-55(12-2,13-3)54-37(10,28-17-14-25(40)23-44-28)38(42,43)19-21-51-31-27(39)16-15-26(30(31)41)24-18-20-47-29(22-24)45-32(46-47)48(33(49)52-35(4,5)6)34(50)53-36(7,8)9/h14-18,20,22-23H,11-13,19,21H2,1-10H3. The number of nitrogens with zero attached hydrogens (tertiary/aromatic N) is 5. The molecule has 0 saturated carbocycles. The fraction of sp³-hybridized carbons (Fsp3) is 0.500. The van der Waals surface area contributed by atoms with E-state index in [1.54, 1.807) is 41.5 Å². The van der Waals surface area contributed by atoms with Gasteiger partial charge in [-0.15, -0.1) is 10.00 Å². The summed E-state index contributed by atoms with van der Waals surface area (Å²) in [5.41, 5.74) is -3.94. The van der Waals surface area contributed by atoms with Crippen molar-refractivity contribution in [2.24, 2.45) is 0 Å². The van der Waals surface area contributed by atoms with Gasteiger partial charge in [0.1, 0.15) is 17.0 Å². The van der Waals surface area contributed by atoms with Crippen LogP contribution >= 0.6 is 11.6 Å². The van der Waals surface area contributed by atoms with Gasteiger partial charge >= 0.3 is 12.2 Å². The number of carbonyl (C=O) groups is 2. The second-order valence-corrected chi connectivity index (χ2v) is 20.3. The number of hydrogen-bond acceptors (Lipinski definition) is 9. The van der Waals surface area contributed by atoms with Gasteiger partial charge in [0, 0.05) is 18.2 Å². The number of hydrogen-bond donors (Lipinski definition) is 0. The lowest BCUT2D eigenvalue weighted by Gasteiger charge is -2.44. The van der Waals surface area contributed by atoms with E-state index in [0.717, 1.165) is 12.3 Å². The molecule has 0 aliphatic heterocycles. The summed E-state index contributed by atoms with van der Waals surface area (Å²) in [6.07, 6.45) is -0.762. The molecule has 11 nitrogen and oxygen atoms in total. The van der Waals surface area contributed by atoms with E-state index in [2.05, 4.69) is 15.1 Å². The Hall–Kier alpha value is -4.28. The maximum atomic E-state index is 16.4. The number of imide groups is 1. The third-order valence-corrected chi connectivity index (χ3v) is 14.0. The average molecular weight is 810 g/mol. The summed E-state index contributed by atoms with van der Waals surface area (Å²) < 4.78 is 86.8. The van der Waals surface area contributed by atoms with E-state index in [9.17, 15) is 14.0 Å². The number of alkyl halides is 2. The fourth-order valence-electron chi connectivity index (χ4n) is 5.76. The van der Waals surface area contributed by atoms with Crippen molar-refractivity contribution in [1.82, 2.24) is 19.6 Å². The SMILES string of the molecule is CC[Si](CC)(CC)OC(C)(c1ccc(F)cn1)C(F)(F)CCOc1c(Cl)ccc(-c2ccn3nc(N(C(=O)OC(C)(C)C)C(=O)OC(C)(C)C)nc3c2)c1F. The van der Waals surface area contributed by atoms with Gasteiger partial charge in [0.25, 0.3) is 11.9 Å². The zero-order valence-electron chi connectivity index (χ0n) is 32.7. The summed E-state index contributed by atoms with van der Waals surface area (Å²) in [7, 11) is -2.68. The molecule has 0 aliphatic rings. The second-order valence-electron chi connectivity index (χ2n) is 15.2. The number of rotatable bonds is 13. The van der Waals surface area contributed by atoms with E-state index in [-0.39, 0.29) is 33.4 Å². The molecule has 2 amide bonds. The van der Waals surface area contributed by atoms with Gasteiger partial charge in [0.05, 0.1) is 23.5 Å². The molecular weight excluding hydrogens is 762 g/mol. The van der Waals surface area contributed by atoms with Gasteiger partial charge in [-0.3, -0.25) is 4.98 Å². The molecule has 0 N–H and O–H groups in total. The third-order valence-electron chi connectivity index (χ3n) is 8.97. The van der Waals surface area contributed by atoms with Crippen LogP contribution < -0.4 is 9.64 Å². The maximum absolute atomic E-state index is 16.4. The minimum absolute atomic E-state index is 0.0114. The second kappa shape index (κ2) is 16.4. The first-order valence-electron chi connectivity index (χ1n) is 17.9. The molecule has 0 radical (unpaired) electrons. The molecule has 300 valence electrons. The first-order valence-corrected chi connectivity index (χ1v) is 20.8. The molecule has 1 aromatic carbocycles. The van der Waals surface area contributed by atoms with Crippen molar-refractivity contribution in [2.75, 3.05) is 11.5 Å². The number of anilines is 1. The van der Waals surface area contributed by atoms with Crippen molar-refractivity contribution in [3.63, 3.8) is 0 Å². The number of fused-ring (bicyclic) bond motifs is 1. The Kier molecular flexibility index (Phi) is 13.0. The summed E-state index contributed by atoms with van der Waals surface area (Å²) in [5.74, 6) is -6.03. The first-order chi connectivity index (χ1) is 25.5. The molecule has 1 unspecified atom stereocenters. The van der Waals surface area contributed by atoms with Crippen LogP contribution in [0.5, 0.6) is 5.75 Å². The van der Waals surface area contributed by atoms with Crippen LogP contribution in [0.1, 0.15) is 81.4 Å². The molecule has 1 atom stereocenters. The van der Waals surface area contributed by atoms with Crippen LogP contribution in [-0.2, 0) is 19.5 Å². The average Bonchev–Trinajstić information content (AvgIpc) is 3.50. The van der Waals surface area contributed by atoms with Gasteiger partial charge in [-0.05, 0) is 109 Å². The zero-order valence-corrected chi connectivity index (χ0v) is 34.5. The van der Waals surface area contributed by atoms with Crippen molar-refractivity contribution < 1.29 is 45.8 Å². The van der Waals surface area contributed by atoms with Crippen LogP contribution in [0.25, 0.3) is 16.8 Å². The Morgan fingerprint density at radius 1 is 0.891 bits per heavy atom. The molecule has 0 fully saturated rings. The van der Waals surface area contributed by atoms with Crippen LogP contribution in [-0.4, -0.2) is 63.8 Å². The van der Waals surface area contributed by atoms with Crippen LogP contribution in [0.2, 0.25) is 23.2 Å². The molecule has 55 heavy (non-hydrogen) atoms. The molecular formula is C38H48ClF4N5O6Si. The van der Waals surface area contributed by atoms with Crippen LogP contribution in [0, 0.1) is 11.6 Å². The van der Waals surface area contributed by atoms with Gasteiger partial charge < -0.3 is 18.6 Å². The topological polar surface area (TPSA) is 117 Å². The number of ether oxygens (including phenoxy) is 3. The maximum Gasteiger partial charge on any atom is 0.427 e. The minimum atomic E-state index is -3.60. The van der Waals surface area contributed by atoms with E-state index >= 15 is 13.2 Å². The molecule has 0 aliphatic carbocycles. The minimum Gasteiger partial charge on any atom is -0.489 e. The fourth-order valence-corrected chi connectivity index (χ4v) is 9.02. The predicted molar refractivity (Wildman–Crippen MR) is 203 cm³/mol. The number of halogens is 5. The molecule has 3 heterocycles. The van der Waals surface area contributed by atoms with Gasteiger partial charge in [0.2, 0.25) is 0 Å². The van der Waals surface area contributed by atoms with Crippen LogP contribution in [0.3, 0.4) is 0 Å². The smallest absolute Gasteiger partial charge is 0.427 e. The third kappa shape index (κ3) is 9.94. The van der Waals surface area contributed by atoms with E-state index < -0.39 is 73.6 Å². The quantitative estimate of drug-likeness (QED) is 0.0961. The van der Waals surface area contributed by atoms with Crippen molar-refractivity contribution in [3.8, 4) is 16.9 Å². The van der Waals surface area contributed by atoms with Gasteiger partial charge in [-0.1, -0.05) is 32.4 Å². The van der Waals surface area contributed by atoms with Crippen molar-refractivity contribution in [3.05, 3.63) is 71.1 Å². The number of benzene rings is 1. The van der Waals surface area contributed by atoms with Gasteiger partial charge in [-0.2, -0.15) is 4.98 Å². The summed E-state index contributed by atoms with van der Waals surface area (Å²) >= 11 is 6.33.